The standard InChI is InChI=1S/C25H34ClNO5S/c1-4-6-12-25(5-2)16-27(19-10-8-7-9-11-19)21-14-20(26)22(32-18(3)13-24(28)29)15-23(21)33(30,31)17-25/h7-8,10,14-15,18H,4-6,9,11-13,16-17H2,1-3H3,(H,28,29)/t18-,25+/m0/s1. The molecule has 0 saturated carbocycles. The van der Waals surface area contributed by atoms with Crippen molar-refractivity contribution in [3.63, 3.8) is 0 Å². The quantitative estimate of drug-likeness (QED) is 0.452. The van der Waals surface area contributed by atoms with Crippen molar-refractivity contribution in [2.45, 2.75) is 76.7 Å². The molecule has 0 amide bonds. The van der Waals surface area contributed by atoms with Crippen LogP contribution in [0.4, 0.5) is 5.69 Å². The maximum atomic E-state index is 13.7. The molecular weight excluding hydrogens is 462 g/mol. The lowest BCUT2D eigenvalue weighted by molar-refractivity contribution is -0.138. The van der Waals surface area contributed by atoms with Gasteiger partial charge in [0, 0.05) is 23.7 Å². The molecule has 1 aliphatic heterocycles. The number of carbonyl (C=O) groups is 1. The van der Waals surface area contributed by atoms with E-state index < -0.39 is 21.9 Å². The van der Waals surface area contributed by atoms with Crippen LogP contribution < -0.4 is 9.64 Å². The summed E-state index contributed by atoms with van der Waals surface area (Å²) in [5, 5.41) is 9.32. The molecule has 2 aliphatic rings. The van der Waals surface area contributed by atoms with Gasteiger partial charge in [0.05, 0.1) is 27.8 Å². The molecule has 1 N–H and O–H groups in total. The van der Waals surface area contributed by atoms with Crippen molar-refractivity contribution in [1.82, 2.24) is 0 Å². The van der Waals surface area contributed by atoms with E-state index in [1.165, 1.54) is 6.07 Å². The van der Waals surface area contributed by atoms with Crippen molar-refractivity contribution < 1.29 is 23.1 Å². The molecule has 0 bridgehead atoms. The van der Waals surface area contributed by atoms with Crippen LogP contribution in [-0.2, 0) is 14.6 Å². The summed E-state index contributed by atoms with van der Waals surface area (Å²) >= 11 is 6.55. The second-order valence-electron chi connectivity index (χ2n) is 9.20. The minimum Gasteiger partial charge on any atom is -0.489 e. The van der Waals surface area contributed by atoms with Crippen LogP contribution in [0.15, 0.2) is 41.0 Å². The number of carboxylic acids is 1. The number of sulfone groups is 1. The van der Waals surface area contributed by atoms with Gasteiger partial charge in [-0.15, -0.1) is 0 Å². The van der Waals surface area contributed by atoms with Crippen LogP contribution in [0.2, 0.25) is 5.02 Å². The van der Waals surface area contributed by atoms with Gasteiger partial charge >= 0.3 is 5.97 Å². The third-order valence-electron chi connectivity index (χ3n) is 6.57. The Morgan fingerprint density at radius 3 is 2.70 bits per heavy atom. The van der Waals surface area contributed by atoms with E-state index in [-0.39, 0.29) is 33.3 Å². The number of hydrogen-bond donors (Lipinski definition) is 1. The number of rotatable bonds is 9. The molecule has 6 nitrogen and oxygen atoms in total. The number of hydrogen-bond acceptors (Lipinski definition) is 5. The Kier molecular flexibility index (Phi) is 8.17. The number of fused-ring (bicyclic) bond motifs is 1. The van der Waals surface area contributed by atoms with E-state index in [0.717, 1.165) is 44.2 Å². The number of carboxylic acid groups (broad SMARTS) is 1. The lowest BCUT2D eigenvalue weighted by Crippen LogP contribution is -2.39. The first-order valence-electron chi connectivity index (χ1n) is 11.7. The van der Waals surface area contributed by atoms with Crippen molar-refractivity contribution in [2.75, 3.05) is 17.2 Å². The van der Waals surface area contributed by atoms with Gasteiger partial charge in [0.15, 0.2) is 9.84 Å². The second-order valence-corrected chi connectivity index (χ2v) is 11.6. The Bertz CT molecular complexity index is 1050. The predicted octanol–water partition coefficient (Wildman–Crippen LogP) is 6.00. The molecule has 0 unspecified atom stereocenters. The summed E-state index contributed by atoms with van der Waals surface area (Å²) < 4.78 is 33.2. The first-order chi connectivity index (χ1) is 15.6. The van der Waals surface area contributed by atoms with Crippen LogP contribution in [-0.4, -0.2) is 37.9 Å². The number of unbranched alkanes of at least 4 members (excludes halogenated alkanes) is 1. The van der Waals surface area contributed by atoms with Crippen molar-refractivity contribution in [1.29, 1.82) is 0 Å². The van der Waals surface area contributed by atoms with Crippen LogP contribution >= 0.6 is 11.6 Å². The zero-order valence-electron chi connectivity index (χ0n) is 19.6. The van der Waals surface area contributed by atoms with E-state index in [1.807, 2.05) is 6.08 Å². The minimum absolute atomic E-state index is 0.0644. The van der Waals surface area contributed by atoms with Gasteiger partial charge in [0.25, 0.3) is 0 Å². The molecule has 0 radical (unpaired) electrons. The summed E-state index contributed by atoms with van der Waals surface area (Å²) in [6.45, 7) is 6.44. The van der Waals surface area contributed by atoms with E-state index in [4.69, 9.17) is 21.4 Å². The molecule has 33 heavy (non-hydrogen) atoms. The largest absolute Gasteiger partial charge is 0.489 e. The summed E-state index contributed by atoms with van der Waals surface area (Å²) in [5.41, 5.74) is 1.28. The number of benzene rings is 1. The van der Waals surface area contributed by atoms with E-state index >= 15 is 0 Å². The van der Waals surface area contributed by atoms with Crippen molar-refractivity contribution >= 4 is 33.1 Å². The maximum absolute atomic E-state index is 13.7. The SMILES string of the molecule is CCCC[C@]1(CC)CN(C2=CC=CCC2)c2cc(Cl)c(O[C@@H](C)CC(=O)O)cc2S(=O)(=O)C1. The summed E-state index contributed by atoms with van der Waals surface area (Å²) in [6, 6.07) is 3.16. The first kappa shape index (κ1) is 25.6. The summed E-state index contributed by atoms with van der Waals surface area (Å²) in [6.07, 6.45) is 10.6. The fraction of sp³-hybridized carbons (Fsp3) is 0.560. The Morgan fingerprint density at radius 1 is 1.33 bits per heavy atom. The highest BCUT2D eigenvalue weighted by atomic mass is 35.5. The van der Waals surface area contributed by atoms with Gasteiger partial charge in [0.1, 0.15) is 11.9 Å². The molecule has 2 atom stereocenters. The van der Waals surface area contributed by atoms with Crippen LogP contribution in [0.25, 0.3) is 0 Å². The zero-order valence-corrected chi connectivity index (χ0v) is 21.2. The van der Waals surface area contributed by atoms with Gasteiger partial charge in [-0.2, -0.15) is 0 Å². The monoisotopic (exact) mass is 495 g/mol. The fourth-order valence-corrected chi connectivity index (χ4v) is 7.07. The molecule has 1 heterocycles. The molecule has 182 valence electrons. The summed E-state index contributed by atoms with van der Waals surface area (Å²) in [4.78, 5) is 13.4. The van der Waals surface area contributed by atoms with Gasteiger partial charge in [-0.25, -0.2) is 8.42 Å². The van der Waals surface area contributed by atoms with E-state index in [9.17, 15) is 13.2 Å². The number of halogens is 1. The lowest BCUT2D eigenvalue weighted by Gasteiger charge is -2.38. The van der Waals surface area contributed by atoms with Crippen LogP contribution in [0.1, 0.15) is 65.7 Å². The molecule has 1 aromatic rings. The van der Waals surface area contributed by atoms with E-state index in [1.54, 1.807) is 13.0 Å². The van der Waals surface area contributed by atoms with Crippen LogP contribution in [0.3, 0.4) is 0 Å². The van der Waals surface area contributed by atoms with Crippen molar-refractivity contribution in [2.24, 2.45) is 5.41 Å². The molecule has 1 aromatic carbocycles. The van der Waals surface area contributed by atoms with Gasteiger partial charge in [-0.3, -0.25) is 4.79 Å². The molecule has 0 aromatic heterocycles. The molecule has 0 spiro atoms. The normalized spacial score (nSPS) is 22.8. The Hall–Kier alpha value is -1.99. The third-order valence-corrected chi connectivity index (χ3v) is 8.85. The summed E-state index contributed by atoms with van der Waals surface area (Å²) in [5.74, 6) is -0.731. The Labute approximate surface area is 202 Å². The average molecular weight is 496 g/mol. The second kappa shape index (κ2) is 10.5. The summed E-state index contributed by atoms with van der Waals surface area (Å²) in [7, 11) is -3.64. The molecule has 1 aliphatic carbocycles. The average Bonchev–Trinajstić information content (AvgIpc) is 2.85. The maximum Gasteiger partial charge on any atom is 0.307 e. The first-order valence-corrected chi connectivity index (χ1v) is 13.7. The van der Waals surface area contributed by atoms with Gasteiger partial charge in [-0.05, 0) is 44.7 Å². The molecule has 3 rings (SSSR count). The number of nitrogens with zero attached hydrogens (tertiary/aromatic N) is 1. The Balaban J connectivity index is 2.14. The van der Waals surface area contributed by atoms with Crippen molar-refractivity contribution in [3.8, 4) is 5.75 Å². The van der Waals surface area contributed by atoms with Crippen molar-refractivity contribution in [3.05, 3.63) is 41.1 Å². The molecule has 8 heteroatoms. The van der Waals surface area contributed by atoms with Gasteiger partial charge < -0.3 is 14.7 Å². The lowest BCUT2D eigenvalue weighted by atomic mass is 9.81. The topological polar surface area (TPSA) is 83.9 Å². The fourth-order valence-electron chi connectivity index (χ4n) is 4.69. The number of allylic oxidation sites excluding steroid dienone is 4. The third kappa shape index (κ3) is 5.93. The van der Waals surface area contributed by atoms with Crippen LogP contribution in [0, 0.1) is 5.41 Å². The Morgan fingerprint density at radius 2 is 2.09 bits per heavy atom. The van der Waals surface area contributed by atoms with Gasteiger partial charge in [0.2, 0.25) is 0 Å². The van der Waals surface area contributed by atoms with Gasteiger partial charge in [-0.1, -0.05) is 50.4 Å². The molecule has 0 saturated heterocycles. The number of aliphatic carboxylic acids is 1. The van der Waals surface area contributed by atoms with Crippen LogP contribution in [0.5, 0.6) is 5.75 Å². The zero-order chi connectivity index (χ0) is 24.2. The smallest absolute Gasteiger partial charge is 0.307 e. The van der Waals surface area contributed by atoms with E-state index in [2.05, 4.69) is 30.9 Å². The number of ether oxygens (including phenoxy) is 1. The number of anilines is 1. The molecular formula is C25H34ClNO5S. The highest BCUT2D eigenvalue weighted by Gasteiger charge is 2.42. The minimum atomic E-state index is -3.64. The highest BCUT2D eigenvalue weighted by molar-refractivity contribution is 7.91. The van der Waals surface area contributed by atoms with E-state index in [0.29, 0.717) is 12.2 Å². The predicted molar refractivity (Wildman–Crippen MR) is 132 cm³/mol. The molecule has 0 fully saturated rings. The highest BCUT2D eigenvalue weighted by Crippen LogP contribution is 2.46.